The quantitative estimate of drug-likeness (QED) is 0.851. The minimum absolute atomic E-state index is 0.142. The maximum absolute atomic E-state index is 12.4. The van der Waals surface area contributed by atoms with Crippen LogP contribution in [0.5, 0.6) is 0 Å². The third-order valence-electron chi connectivity index (χ3n) is 5.17. The van der Waals surface area contributed by atoms with Gasteiger partial charge in [-0.15, -0.1) is 0 Å². The number of hydrogen-bond donors (Lipinski definition) is 1. The van der Waals surface area contributed by atoms with Gasteiger partial charge in [-0.25, -0.2) is 0 Å². The van der Waals surface area contributed by atoms with Crippen molar-refractivity contribution in [2.24, 2.45) is 11.8 Å². The molecule has 4 heteroatoms. The molecule has 126 valence electrons. The lowest BCUT2D eigenvalue weighted by Gasteiger charge is -2.37. The molecule has 1 aliphatic carbocycles. The van der Waals surface area contributed by atoms with E-state index in [4.69, 9.17) is 11.6 Å². The molecule has 2 atom stereocenters. The molecule has 2 unspecified atom stereocenters. The fraction of sp³-hybridized carbons (Fsp3) is 0.632. The minimum atomic E-state index is 0.142. The highest BCUT2D eigenvalue weighted by atomic mass is 35.5. The Bertz CT molecular complexity index is 527. The van der Waals surface area contributed by atoms with Gasteiger partial charge in [-0.05, 0) is 62.3 Å². The molecule has 2 fully saturated rings. The normalized spacial score (nSPS) is 23.5. The van der Waals surface area contributed by atoms with Crippen LogP contribution in [0.4, 0.5) is 0 Å². The van der Waals surface area contributed by atoms with Crippen LogP contribution in [-0.2, 0) is 4.79 Å². The van der Waals surface area contributed by atoms with Crippen molar-refractivity contribution in [2.75, 3.05) is 19.6 Å². The minimum Gasteiger partial charge on any atom is -0.356 e. The van der Waals surface area contributed by atoms with Crippen molar-refractivity contribution in [3.05, 3.63) is 34.9 Å². The van der Waals surface area contributed by atoms with E-state index in [1.165, 1.54) is 18.4 Å². The second-order valence-electron chi connectivity index (χ2n) is 7.00. The van der Waals surface area contributed by atoms with Crippen LogP contribution in [0, 0.1) is 11.8 Å². The molecular formula is C19H27ClN2O. The van der Waals surface area contributed by atoms with Gasteiger partial charge in [-0.3, -0.25) is 9.69 Å². The molecule has 0 aromatic heterocycles. The summed E-state index contributed by atoms with van der Waals surface area (Å²) in [4.78, 5) is 14.9. The molecule has 1 aromatic carbocycles. The van der Waals surface area contributed by atoms with Gasteiger partial charge in [0, 0.05) is 24.2 Å². The first-order chi connectivity index (χ1) is 11.2. The number of nitrogens with one attached hydrogen (secondary N) is 1. The predicted octanol–water partition coefficient (Wildman–Crippen LogP) is 4.03. The third kappa shape index (κ3) is 4.48. The summed E-state index contributed by atoms with van der Waals surface area (Å²) < 4.78 is 0. The van der Waals surface area contributed by atoms with Gasteiger partial charge in [0.1, 0.15) is 0 Å². The number of carbonyl (C=O) groups excluding carboxylic acids is 1. The molecule has 3 nitrogen and oxygen atoms in total. The van der Waals surface area contributed by atoms with Crippen LogP contribution in [0.3, 0.4) is 0 Å². The van der Waals surface area contributed by atoms with Gasteiger partial charge in [0.15, 0.2) is 0 Å². The Balaban J connectivity index is 1.61. The summed E-state index contributed by atoms with van der Waals surface area (Å²) in [7, 11) is 0. The zero-order valence-electron chi connectivity index (χ0n) is 13.9. The molecular weight excluding hydrogens is 308 g/mol. The molecule has 3 rings (SSSR count). The van der Waals surface area contributed by atoms with Gasteiger partial charge < -0.3 is 5.32 Å². The third-order valence-corrected chi connectivity index (χ3v) is 5.42. The predicted molar refractivity (Wildman–Crippen MR) is 94.5 cm³/mol. The fourth-order valence-electron chi connectivity index (χ4n) is 3.60. The number of piperidine rings is 1. The number of likely N-dealkylation sites (tertiary alicyclic amines) is 1. The average Bonchev–Trinajstić information content (AvgIpc) is 3.40. The van der Waals surface area contributed by atoms with E-state index >= 15 is 0 Å². The van der Waals surface area contributed by atoms with E-state index in [9.17, 15) is 4.79 Å². The van der Waals surface area contributed by atoms with Crippen molar-refractivity contribution >= 4 is 17.5 Å². The van der Waals surface area contributed by atoms with E-state index in [1.807, 2.05) is 12.1 Å². The van der Waals surface area contributed by atoms with E-state index in [0.717, 1.165) is 49.8 Å². The summed E-state index contributed by atoms with van der Waals surface area (Å²) in [5.41, 5.74) is 1.30. The second kappa shape index (κ2) is 7.67. The lowest BCUT2D eigenvalue weighted by molar-refractivity contribution is -0.127. The first-order valence-corrected chi connectivity index (χ1v) is 9.32. The number of carbonyl (C=O) groups is 1. The van der Waals surface area contributed by atoms with Crippen LogP contribution in [0.25, 0.3) is 0 Å². The number of amides is 1. The summed E-state index contributed by atoms with van der Waals surface area (Å²) in [5.74, 6) is 1.15. The summed E-state index contributed by atoms with van der Waals surface area (Å²) in [6.45, 7) is 5.05. The first-order valence-electron chi connectivity index (χ1n) is 8.94. The molecule has 1 aliphatic heterocycles. The van der Waals surface area contributed by atoms with Crippen LogP contribution < -0.4 is 5.32 Å². The molecule has 1 aromatic rings. The highest BCUT2D eigenvalue weighted by Gasteiger charge is 2.30. The number of rotatable bonds is 6. The highest BCUT2D eigenvalue weighted by molar-refractivity contribution is 6.30. The van der Waals surface area contributed by atoms with Crippen LogP contribution in [0.15, 0.2) is 24.3 Å². The van der Waals surface area contributed by atoms with Crippen molar-refractivity contribution in [3.63, 3.8) is 0 Å². The van der Waals surface area contributed by atoms with E-state index in [1.54, 1.807) is 0 Å². The Hall–Kier alpha value is -1.06. The van der Waals surface area contributed by atoms with Crippen molar-refractivity contribution in [2.45, 2.75) is 45.1 Å². The fourth-order valence-corrected chi connectivity index (χ4v) is 3.73. The number of nitrogens with zero attached hydrogens (tertiary/aromatic N) is 1. The first kappa shape index (κ1) is 16.8. The second-order valence-corrected chi connectivity index (χ2v) is 7.43. The van der Waals surface area contributed by atoms with Gasteiger partial charge in [0.05, 0.1) is 5.92 Å². The van der Waals surface area contributed by atoms with Crippen LogP contribution in [0.1, 0.15) is 50.6 Å². The lowest BCUT2D eigenvalue weighted by atomic mass is 9.93. The summed E-state index contributed by atoms with van der Waals surface area (Å²) in [5, 5.41) is 3.93. The molecule has 1 saturated heterocycles. The topological polar surface area (TPSA) is 32.3 Å². The Labute approximate surface area is 144 Å². The summed E-state index contributed by atoms with van der Waals surface area (Å²) in [6.07, 6.45) is 5.74. The largest absolute Gasteiger partial charge is 0.356 e. The zero-order chi connectivity index (χ0) is 16.2. The SMILES string of the molecule is CCC(c1ccc(Cl)cc1)N1CCCC(C(=O)NCC2CC2)C1. The summed E-state index contributed by atoms with van der Waals surface area (Å²) >= 11 is 6.01. The average molecular weight is 335 g/mol. The van der Waals surface area contributed by atoms with Crippen LogP contribution >= 0.6 is 11.6 Å². The zero-order valence-corrected chi connectivity index (χ0v) is 14.7. The number of hydrogen-bond acceptors (Lipinski definition) is 2. The van der Waals surface area contributed by atoms with Crippen molar-refractivity contribution < 1.29 is 4.79 Å². The molecule has 0 spiro atoms. The standard InChI is InChI=1S/C19H27ClN2O/c1-2-18(15-7-9-17(20)10-8-15)22-11-3-4-16(13-22)19(23)21-12-14-5-6-14/h7-10,14,16,18H,2-6,11-13H2,1H3,(H,21,23). The van der Waals surface area contributed by atoms with Crippen LogP contribution in [0.2, 0.25) is 5.02 Å². The maximum Gasteiger partial charge on any atom is 0.224 e. The van der Waals surface area contributed by atoms with E-state index in [2.05, 4.69) is 29.3 Å². The monoisotopic (exact) mass is 334 g/mol. The maximum atomic E-state index is 12.4. The van der Waals surface area contributed by atoms with Gasteiger partial charge in [0.2, 0.25) is 5.91 Å². The van der Waals surface area contributed by atoms with Gasteiger partial charge in [-0.1, -0.05) is 30.7 Å². The van der Waals surface area contributed by atoms with Crippen molar-refractivity contribution in [3.8, 4) is 0 Å². The Morgan fingerprint density at radius 1 is 1.30 bits per heavy atom. The molecule has 0 bridgehead atoms. The number of benzene rings is 1. The van der Waals surface area contributed by atoms with Gasteiger partial charge >= 0.3 is 0 Å². The smallest absolute Gasteiger partial charge is 0.224 e. The number of halogens is 1. The Morgan fingerprint density at radius 3 is 2.70 bits per heavy atom. The highest BCUT2D eigenvalue weighted by Crippen LogP contribution is 2.31. The van der Waals surface area contributed by atoms with Crippen LogP contribution in [-0.4, -0.2) is 30.4 Å². The van der Waals surface area contributed by atoms with Gasteiger partial charge in [0.25, 0.3) is 0 Å². The molecule has 1 amide bonds. The lowest BCUT2D eigenvalue weighted by Crippen LogP contribution is -2.44. The van der Waals surface area contributed by atoms with E-state index < -0.39 is 0 Å². The van der Waals surface area contributed by atoms with Gasteiger partial charge in [-0.2, -0.15) is 0 Å². The summed E-state index contributed by atoms with van der Waals surface area (Å²) in [6, 6.07) is 8.54. The Kier molecular flexibility index (Phi) is 5.60. The van der Waals surface area contributed by atoms with E-state index in [-0.39, 0.29) is 11.8 Å². The molecule has 23 heavy (non-hydrogen) atoms. The van der Waals surface area contributed by atoms with E-state index in [0.29, 0.717) is 6.04 Å². The molecule has 1 N–H and O–H groups in total. The van der Waals surface area contributed by atoms with Crippen molar-refractivity contribution in [1.82, 2.24) is 10.2 Å². The molecule has 0 radical (unpaired) electrons. The Morgan fingerprint density at radius 2 is 2.04 bits per heavy atom. The molecule has 1 heterocycles. The van der Waals surface area contributed by atoms with Crippen molar-refractivity contribution in [1.29, 1.82) is 0 Å². The molecule has 2 aliphatic rings. The molecule has 1 saturated carbocycles.